The Hall–Kier alpha value is -2.60. The molecule has 2 aromatic rings. The van der Waals surface area contributed by atoms with E-state index in [9.17, 15) is 14.7 Å². The molecule has 2 heterocycles. The van der Waals surface area contributed by atoms with Crippen LogP contribution in [0.15, 0.2) is 42.5 Å². The van der Waals surface area contributed by atoms with Gasteiger partial charge in [-0.15, -0.1) is 0 Å². The van der Waals surface area contributed by atoms with E-state index in [0.29, 0.717) is 25.8 Å². The third-order valence-electron chi connectivity index (χ3n) is 5.02. The summed E-state index contributed by atoms with van der Waals surface area (Å²) >= 11 is 0. The molecule has 1 unspecified atom stereocenters. The summed E-state index contributed by atoms with van der Waals surface area (Å²) in [5.74, 6) is -0.911. The van der Waals surface area contributed by atoms with Gasteiger partial charge in [0.1, 0.15) is 5.41 Å². The van der Waals surface area contributed by atoms with Crippen LogP contribution in [0.5, 0.6) is 0 Å². The van der Waals surface area contributed by atoms with Crippen molar-refractivity contribution in [1.82, 2.24) is 9.88 Å². The number of carboxylic acid groups (broad SMARTS) is 1. The minimum Gasteiger partial charge on any atom is -0.481 e. The van der Waals surface area contributed by atoms with Crippen molar-refractivity contribution >= 4 is 11.9 Å². The van der Waals surface area contributed by atoms with E-state index in [0.717, 1.165) is 17.0 Å². The number of rotatable bonds is 7. The maximum Gasteiger partial charge on any atom is 0.313 e. The summed E-state index contributed by atoms with van der Waals surface area (Å²) in [7, 11) is 1.49. The van der Waals surface area contributed by atoms with Crippen LogP contribution in [0.1, 0.15) is 18.5 Å². The highest BCUT2D eigenvalue weighted by Gasteiger charge is 2.46. The molecule has 26 heavy (non-hydrogen) atoms. The first-order valence-electron chi connectivity index (χ1n) is 8.77. The number of likely N-dealkylation sites (tertiary alicyclic amines) is 1. The van der Waals surface area contributed by atoms with Crippen molar-refractivity contribution in [1.29, 1.82) is 0 Å². The Labute approximate surface area is 152 Å². The SMILES string of the molecule is COCC1(C(=O)O)CCN(C(=O)CCc2ccc(-c3ccccc3)[nH]2)C1. The number of aromatic nitrogens is 1. The quantitative estimate of drug-likeness (QED) is 0.799. The van der Waals surface area contributed by atoms with E-state index in [2.05, 4.69) is 4.98 Å². The number of amides is 1. The number of nitrogens with zero attached hydrogens (tertiary/aromatic N) is 1. The largest absolute Gasteiger partial charge is 0.481 e. The molecule has 1 saturated heterocycles. The molecule has 1 aromatic heterocycles. The summed E-state index contributed by atoms with van der Waals surface area (Å²) < 4.78 is 5.07. The molecule has 0 radical (unpaired) electrons. The van der Waals surface area contributed by atoms with E-state index >= 15 is 0 Å². The topological polar surface area (TPSA) is 82.6 Å². The molecule has 1 amide bonds. The van der Waals surface area contributed by atoms with Crippen LogP contribution >= 0.6 is 0 Å². The van der Waals surface area contributed by atoms with Crippen molar-refractivity contribution in [3.63, 3.8) is 0 Å². The molecule has 6 heteroatoms. The van der Waals surface area contributed by atoms with Crippen LogP contribution in [-0.4, -0.2) is 53.7 Å². The number of carbonyl (C=O) groups is 2. The lowest BCUT2D eigenvalue weighted by Gasteiger charge is -2.23. The highest BCUT2D eigenvalue weighted by Crippen LogP contribution is 2.31. The molecule has 0 spiro atoms. The molecule has 0 aliphatic carbocycles. The van der Waals surface area contributed by atoms with Crippen molar-refractivity contribution in [3.05, 3.63) is 48.2 Å². The molecule has 0 bridgehead atoms. The first-order chi connectivity index (χ1) is 12.5. The predicted molar refractivity (Wildman–Crippen MR) is 97.7 cm³/mol. The van der Waals surface area contributed by atoms with Gasteiger partial charge in [0.25, 0.3) is 0 Å². The van der Waals surface area contributed by atoms with Gasteiger partial charge in [-0.3, -0.25) is 9.59 Å². The third-order valence-corrected chi connectivity index (χ3v) is 5.02. The van der Waals surface area contributed by atoms with Crippen LogP contribution < -0.4 is 0 Å². The van der Waals surface area contributed by atoms with E-state index in [1.807, 2.05) is 42.5 Å². The van der Waals surface area contributed by atoms with Gasteiger partial charge in [0.15, 0.2) is 0 Å². The first kappa shape index (κ1) is 18.2. The molecule has 2 N–H and O–H groups in total. The second-order valence-electron chi connectivity index (χ2n) is 6.85. The Balaban J connectivity index is 1.57. The second-order valence-corrected chi connectivity index (χ2v) is 6.85. The fraction of sp³-hybridized carbons (Fsp3) is 0.400. The number of H-pyrrole nitrogens is 1. The minimum absolute atomic E-state index is 0.0138. The summed E-state index contributed by atoms with van der Waals surface area (Å²) in [4.78, 5) is 29.1. The second kappa shape index (κ2) is 7.74. The highest BCUT2D eigenvalue weighted by molar-refractivity contribution is 5.81. The van der Waals surface area contributed by atoms with E-state index < -0.39 is 11.4 Å². The zero-order valence-corrected chi connectivity index (χ0v) is 14.9. The number of hydrogen-bond acceptors (Lipinski definition) is 3. The van der Waals surface area contributed by atoms with E-state index in [1.54, 1.807) is 4.90 Å². The zero-order valence-electron chi connectivity index (χ0n) is 14.9. The fourth-order valence-electron chi connectivity index (χ4n) is 3.49. The average molecular weight is 356 g/mol. The van der Waals surface area contributed by atoms with Crippen LogP contribution in [0.2, 0.25) is 0 Å². The Kier molecular flexibility index (Phi) is 5.42. The summed E-state index contributed by atoms with van der Waals surface area (Å²) in [6, 6.07) is 14.0. The molecular weight excluding hydrogens is 332 g/mol. The fourth-order valence-corrected chi connectivity index (χ4v) is 3.49. The maximum atomic E-state index is 12.5. The Morgan fingerprint density at radius 3 is 2.69 bits per heavy atom. The van der Waals surface area contributed by atoms with Crippen LogP contribution in [0.25, 0.3) is 11.3 Å². The van der Waals surface area contributed by atoms with Crippen molar-refractivity contribution in [2.45, 2.75) is 19.3 Å². The van der Waals surface area contributed by atoms with Gasteiger partial charge in [-0.05, 0) is 30.5 Å². The number of aromatic amines is 1. The molecule has 138 valence electrons. The number of aryl methyl sites for hydroxylation is 1. The minimum atomic E-state index is -0.975. The molecule has 0 saturated carbocycles. The van der Waals surface area contributed by atoms with Crippen molar-refractivity contribution in [3.8, 4) is 11.3 Å². The molecule has 1 aliphatic rings. The molecular formula is C20H24N2O4. The number of hydrogen-bond donors (Lipinski definition) is 2. The first-order valence-corrected chi connectivity index (χ1v) is 8.77. The van der Waals surface area contributed by atoms with Gasteiger partial charge in [-0.25, -0.2) is 0 Å². The van der Waals surface area contributed by atoms with E-state index in [4.69, 9.17) is 4.74 Å². The number of aliphatic carboxylic acids is 1. The molecule has 1 aliphatic heterocycles. The standard InChI is InChI=1S/C20H24N2O4/c1-26-14-20(19(24)25)11-12-22(13-20)18(23)10-8-16-7-9-17(21-16)15-5-3-2-4-6-15/h2-7,9,21H,8,10-14H2,1H3,(H,24,25). The Morgan fingerprint density at radius 2 is 2.00 bits per heavy atom. The molecule has 1 aromatic carbocycles. The predicted octanol–water partition coefficient (Wildman–Crippen LogP) is 2.56. The monoisotopic (exact) mass is 356 g/mol. The Morgan fingerprint density at radius 1 is 1.23 bits per heavy atom. The molecule has 1 atom stereocenters. The summed E-state index contributed by atoms with van der Waals surface area (Å²) in [5.41, 5.74) is 2.16. The lowest BCUT2D eigenvalue weighted by atomic mass is 9.88. The van der Waals surface area contributed by atoms with Gasteiger partial charge in [0, 0.05) is 38.0 Å². The van der Waals surface area contributed by atoms with Crippen LogP contribution in [-0.2, 0) is 20.7 Å². The zero-order chi connectivity index (χ0) is 18.6. The number of carbonyl (C=O) groups excluding carboxylic acids is 1. The smallest absolute Gasteiger partial charge is 0.313 e. The van der Waals surface area contributed by atoms with Crippen molar-refractivity contribution < 1.29 is 19.4 Å². The summed E-state index contributed by atoms with van der Waals surface area (Å²) in [5, 5.41) is 9.49. The summed E-state index contributed by atoms with van der Waals surface area (Å²) in [6.45, 7) is 0.812. The highest BCUT2D eigenvalue weighted by atomic mass is 16.5. The van der Waals surface area contributed by atoms with Crippen molar-refractivity contribution in [2.75, 3.05) is 26.8 Å². The van der Waals surface area contributed by atoms with Gasteiger partial charge in [-0.1, -0.05) is 30.3 Å². The van der Waals surface area contributed by atoms with Crippen LogP contribution in [0, 0.1) is 5.41 Å². The van der Waals surface area contributed by atoms with Gasteiger partial charge in [0.2, 0.25) is 5.91 Å². The number of nitrogens with one attached hydrogen (secondary N) is 1. The van der Waals surface area contributed by atoms with Gasteiger partial charge < -0.3 is 19.7 Å². The Bertz CT molecular complexity index is 771. The van der Waals surface area contributed by atoms with Gasteiger partial charge in [-0.2, -0.15) is 0 Å². The number of carboxylic acids is 1. The number of ether oxygens (including phenoxy) is 1. The van der Waals surface area contributed by atoms with Crippen molar-refractivity contribution in [2.24, 2.45) is 5.41 Å². The van der Waals surface area contributed by atoms with Gasteiger partial charge in [0.05, 0.1) is 6.61 Å². The van der Waals surface area contributed by atoms with E-state index in [-0.39, 0.29) is 19.1 Å². The maximum absolute atomic E-state index is 12.5. The molecule has 1 fully saturated rings. The average Bonchev–Trinajstić information content (AvgIpc) is 3.29. The summed E-state index contributed by atoms with van der Waals surface area (Å²) in [6.07, 6.45) is 1.40. The van der Waals surface area contributed by atoms with Crippen LogP contribution in [0.4, 0.5) is 0 Å². The number of methoxy groups -OCH3 is 1. The third kappa shape index (κ3) is 3.80. The lowest BCUT2D eigenvalue weighted by molar-refractivity contribution is -0.151. The molecule has 3 rings (SSSR count). The van der Waals surface area contributed by atoms with Gasteiger partial charge >= 0.3 is 5.97 Å². The molecule has 6 nitrogen and oxygen atoms in total. The van der Waals surface area contributed by atoms with E-state index in [1.165, 1.54) is 7.11 Å². The normalized spacial score (nSPS) is 19.7. The lowest BCUT2D eigenvalue weighted by Crippen LogP contribution is -2.40. The van der Waals surface area contributed by atoms with Crippen LogP contribution in [0.3, 0.4) is 0 Å². The number of benzene rings is 1.